The summed E-state index contributed by atoms with van der Waals surface area (Å²) in [5, 5.41) is 0. The lowest BCUT2D eigenvalue weighted by Crippen LogP contribution is -2.29. The quantitative estimate of drug-likeness (QED) is 0.876. The van der Waals surface area contributed by atoms with Gasteiger partial charge in [-0.15, -0.1) is 0 Å². The second-order valence-electron chi connectivity index (χ2n) is 5.45. The summed E-state index contributed by atoms with van der Waals surface area (Å²) in [6.45, 7) is 4.04. The minimum Gasteiger partial charge on any atom is -0.381 e. The summed E-state index contributed by atoms with van der Waals surface area (Å²) < 4.78 is 32.2. The normalized spacial score (nSPS) is 19.9. The van der Waals surface area contributed by atoms with Gasteiger partial charge >= 0.3 is 0 Å². The molecule has 1 heterocycles. The minimum atomic E-state index is -3.25. The summed E-state index contributed by atoms with van der Waals surface area (Å²) in [6, 6.07) is 7.59. The zero-order valence-corrected chi connectivity index (χ0v) is 12.8. The third kappa shape index (κ3) is 4.89. The molecule has 1 saturated heterocycles. The van der Waals surface area contributed by atoms with Gasteiger partial charge in [-0.3, -0.25) is 0 Å². The summed E-state index contributed by atoms with van der Waals surface area (Å²) in [4.78, 5) is 0. The second-order valence-corrected chi connectivity index (χ2v) is 7.26. The maximum atomic E-state index is 12.1. The van der Waals surface area contributed by atoms with E-state index in [2.05, 4.69) is 4.72 Å². The smallest absolute Gasteiger partial charge is 0.215 e. The summed E-state index contributed by atoms with van der Waals surface area (Å²) in [5.74, 6) is 0.547. The molecule has 1 atom stereocenters. The molecule has 1 unspecified atom stereocenters. The van der Waals surface area contributed by atoms with Crippen LogP contribution in [-0.2, 0) is 20.5 Å². The van der Waals surface area contributed by atoms with Crippen LogP contribution in [0.25, 0.3) is 0 Å². The van der Waals surface area contributed by atoms with Crippen LogP contribution in [0.3, 0.4) is 0 Å². The van der Waals surface area contributed by atoms with Crippen LogP contribution >= 0.6 is 0 Å². The molecule has 1 fully saturated rings. The maximum Gasteiger partial charge on any atom is 0.215 e. The van der Waals surface area contributed by atoms with Gasteiger partial charge in [-0.1, -0.05) is 24.3 Å². The number of rotatable bonds is 6. The predicted molar refractivity (Wildman–Crippen MR) is 80.0 cm³/mol. The van der Waals surface area contributed by atoms with Gasteiger partial charge in [0.25, 0.3) is 0 Å². The van der Waals surface area contributed by atoms with Crippen LogP contribution in [0.15, 0.2) is 24.3 Å². The molecule has 0 aliphatic carbocycles. The van der Waals surface area contributed by atoms with Gasteiger partial charge in [0.2, 0.25) is 10.0 Å². The minimum absolute atomic E-state index is 0.0564. The van der Waals surface area contributed by atoms with Crippen molar-refractivity contribution in [3.63, 3.8) is 0 Å². The van der Waals surface area contributed by atoms with Gasteiger partial charge in [-0.25, -0.2) is 13.1 Å². The van der Waals surface area contributed by atoms with Gasteiger partial charge in [0.1, 0.15) is 0 Å². The zero-order chi connectivity index (χ0) is 14.4. The topological polar surface area (TPSA) is 55.4 Å². The van der Waals surface area contributed by atoms with Crippen molar-refractivity contribution in [3.05, 3.63) is 35.4 Å². The number of benzene rings is 1. The standard InChI is InChI=1S/C15H23NO3S/c1-13-5-2-3-7-15(13)12-20(17,18)16-9-8-14-6-4-10-19-11-14/h2-3,5,7,14,16H,4,6,8-12H2,1H3. The Morgan fingerprint density at radius 2 is 2.15 bits per heavy atom. The maximum absolute atomic E-state index is 12.1. The second kappa shape index (κ2) is 7.20. The summed E-state index contributed by atoms with van der Waals surface area (Å²) in [6.07, 6.45) is 3.08. The first-order chi connectivity index (χ1) is 9.57. The van der Waals surface area contributed by atoms with Gasteiger partial charge in [-0.05, 0) is 43.2 Å². The number of sulfonamides is 1. The molecule has 5 heteroatoms. The van der Waals surface area contributed by atoms with E-state index < -0.39 is 10.0 Å². The van der Waals surface area contributed by atoms with Crippen molar-refractivity contribution in [2.24, 2.45) is 5.92 Å². The highest BCUT2D eigenvalue weighted by molar-refractivity contribution is 7.88. The van der Waals surface area contributed by atoms with Crippen LogP contribution < -0.4 is 4.72 Å². The van der Waals surface area contributed by atoms with Crippen molar-refractivity contribution < 1.29 is 13.2 Å². The van der Waals surface area contributed by atoms with Gasteiger partial charge in [0.15, 0.2) is 0 Å². The number of aryl methyl sites for hydroxylation is 1. The largest absolute Gasteiger partial charge is 0.381 e. The number of hydrogen-bond donors (Lipinski definition) is 1. The van der Waals surface area contributed by atoms with Crippen LogP contribution in [0.1, 0.15) is 30.4 Å². The Bertz CT molecular complexity index is 522. The Labute approximate surface area is 121 Å². The molecule has 0 spiro atoms. The van der Waals surface area contributed by atoms with Crippen LogP contribution in [0.4, 0.5) is 0 Å². The van der Waals surface area contributed by atoms with E-state index in [-0.39, 0.29) is 5.75 Å². The van der Waals surface area contributed by atoms with Crippen molar-refractivity contribution in [3.8, 4) is 0 Å². The first-order valence-corrected chi connectivity index (χ1v) is 8.81. The highest BCUT2D eigenvalue weighted by Crippen LogP contribution is 2.16. The molecule has 1 aliphatic heterocycles. The first-order valence-electron chi connectivity index (χ1n) is 7.16. The number of hydrogen-bond acceptors (Lipinski definition) is 3. The highest BCUT2D eigenvalue weighted by Gasteiger charge is 2.16. The summed E-state index contributed by atoms with van der Waals surface area (Å²) in [7, 11) is -3.25. The molecule has 0 saturated carbocycles. The molecule has 2 rings (SSSR count). The molecule has 0 radical (unpaired) electrons. The fraction of sp³-hybridized carbons (Fsp3) is 0.600. The van der Waals surface area contributed by atoms with E-state index in [1.54, 1.807) is 0 Å². The molecule has 112 valence electrons. The molecule has 20 heavy (non-hydrogen) atoms. The fourth-order valence-corrected chi connectivity index (χ4v) is 3.75. The molecular formula is C15H23NO3S. The molecular weight excluding hydrogens is 274 g/mol. The fourth-order valence-electron chi connectivity index (χ4n) is 2.48. The highest BCUT2D eigenvalue weighted by atomic mass is 32.2. The first kappa shape index (κ1) is 15.5. The van der Waals surface area contributed by atoms with E-state index in [1.807, 2.05) is 31.2 Å². The molecule has 0 amide bonds. The monoisotopic (exact) mass is 297 g/mol. The molecule has 1 aromatic rings. The van der Waals surface area contributed by atoms with Crippen molar-refractivity contribution in [1.82, 2.24) is 4.72 Å². The Kier molecular flexibility index (Phi) is 5.57. The Balaban J connectivity index is 1.80. The van der Waals surface area contributed by atoms with Crippen molar-refractivity contribution >= 4 is 10.0 Å². The third-order valence-corrected chi connectivity index (χ3v) is 5.07. The Morgan fingerprint density at radius 1 is 1.35 bits per heavy atom. The Hall–Kier alpha value is -0.910. The van der Waals surface area contributed by atoms with Gasteiger partial charge in [0, 0.05) is 19.8 Å². The van der Waals surface area contributed by atoms with E-state index in [1.165, 1.54) is 0 Å². The predicted octanol–water partition coefficient (Wildman–Crippen LogP) is 2.23. The van der Waals surface area contributed by atoms with Crippen LogP contribution in [0.2, 0.25) is 0 Å². The molecule has 1 aromatic carbocycles. The lowest BCUT2D eigenvalue weighted by Gasteiger charge is -2.21. The van der Waals surface area contributed by atoms with Crippen molar-refractivity contribution in [2.45, 2.75) is 31.9 Å². The SMILES string of the molecule is Cc1ccccc1CS(=O)(=O)NCCC1CCCOC1. The summed E-state index contributed by atoms with van der Waals surface area (Å²) >= 11 is 0. The van der Waals surface area contributed by atoms with Crippen LogP contribution in [0.5, 0.6) is 0 Å². The van der Waals surface area contributed by atoms with Crippen LogP contribution in [0, 0.1) is 12.8 Å². The van der Waals surface area contributed by atoms with E-state index in [0.717, 1.165) is 43.6 Å². The molecule has 0 bridgehead atoms. The number of ether oxygens (including phenoxy) is 1. The van der Waals surface area contributed by atoms with Crippen molar-refractivity contribution in [1.29, 1.82) is 0 Å². The van der Waals surface area contributed by atoms with E-state index in [9.17, 15) is 8.42 Å². The van der Waals surface area contributed by atoms with Gasteiger partial charge < -0.3 is 4.74 Å². The zero-order valence-electron chi connectivity index (χ0n) is 12.0. The average molecular weight is 297 g/mol. The van der Waals surface area contributed by atoms with Crippen molar-refractivity contribution in [2.75, 3.05) is 19.8 Å². The Morgan fingerprint density at radius 3 is 2.85 bits per heavy atom. The molecule has 1 aliphatic rings. The molecule has 0 aromatic heterocycles. The third-order valence-electron chi connectivity index (χ3n) is 3.74. The summed E-state index contributed by atoms with van der Waals surface area (Å²) in [5.41, 5.74) is 1.87. The van der Waals surface area contributed by atoms with Gasteiger partial charge in [0.05, 0.1) is 5.75 Å². The van der Waals surface area contributed by atoms with Gasteiger partial charge in [-0.2, -0.15) is 0 Å². The lowest BCUT2D eigenvalue weighted by molar-refractivity contribution is 0.0523. The van der Waals surface area contributed by atoms with E-state index in [4.69, 9.17) is 4.74 Å². The molecule has 4 nitrogen and oxygen atoms in total. The van der Waals surface area contributed by atoms with Crippen LogP contribution in [-0.4, -0.2) is 28.2 Å². The lowest BCUT2D eigenvalue weighted by atomic mass is 9.99. The van der Waals surface area contributed by atoms with E-state index >= 15 is 0 Å². The average Bonchev–Trinajstić information content (AvgIpc) is 2.42. The van der Waals surface area contributed by atoms with E-state index in [0.29, 0.717) is 12.5 Å². The molecule has 1 N–H and O–H groups in total. The number of nitrogens with one attached hydrogen (secondary N) is 1.